The van der Waals surface area contributed by atoms with E-state index >= 15 is 0 Å². The van der Waals surface area contributed by atoms with E-state index in [1.165, 1.54) is 0 Å². The smallest absolute Gasteiger partial charge is 0.169 e. The average molecular weight is 357 g/mol. The number of nitrogens with zero attached hydrogens (tertiary/aromatic N) is 6. The number of hydrogen-bond donors (Lipinski definition) is 0. The van der Waals surface area contributed by atoms with Crippen LogP contribution in [-0.2, 0) is 21.1 Å². The molecule has 6 nitrogen and oxygen atoms in total. The van der Waals surface area contributed by atoms with Crippen molar-refractivity contribution in [3.8, 4) is 34.2 Å². The molecule has 0 N–H and O–H groups in total. The van der Waals surface area contributed by atoms with Crippen LogP contribution in [0.5, 0.6) is 0 Å². The molecule has 0 saturated carbocycles. The van der Waals surface area contributed by atoms with Gasteiger partial charge >= 0.3 is 0 Å². The van der Waals surface area contributed by atoms with Crippen molar-refractivity contribution in [2.45, 2.75) is 0 Å². The molecule has 0 aliphatic rings. The Bertz CT molecular complexity index is 917. The summed E-state index contributed by atoms with van der Waals surface area (Å²) in [6.45, 7) is 0. The van der Waals surface area contributed by atoms with E-state index < -0.39 is 0 Å². The first-order valence-corrected chi connectivity index (χ1v) is 8.71. The minimum atomic E-state index is 0.664. The van der Waals surface area contributed by atoms with Gasteiger partial charge < -0.3 is 0 Å². The maximum Gasteiger partial charge on any atom is 0.169 e. The van der Waals surface area contributed by atoms with Crippen molar-refractivity contribution in [3.63, 3.8) is 0 Å². The van der Waals surface area contributed by atoms with Gasteiger partial charge in [0.2, 0.25) is 0 Å². The zero-order valence-electron chi connectivity index (χ0n) is 15.6. The van der Waals surface area contributed by atoms with Crippen molar-refractivity contribution in [1.29, 1.82) is 0 Å². The molecular formula is C21H21N6+3. The molecule has 27 heavy (non-hydrogen) atoms. The molecule has 0 aliphatic heterocycles. The molecule has 0 spiro atoms. The van der Waals surface area contributed by atoms with E-state index in [9.17, 15) is 0 Å². The maximum atomic E-state index is 4.73. The lowest BCUT2D eigenvalue weighted by Gasteiger charge is -2.07. The van der Waals surface area contributed by atoms with Crippen LogP contribution in [0.1, 0.15) is 0 Å². The Morgan fingerprint density at radius 1 is 0.444 bits per heavy atom. The SMILES string of the molecule is C[n+]1ccc(-c2nc(-c3cc[n+](C)cc3)nc(-c3cc[n+](C)cc3)n2)cc1. The van der Waals surface area contributed by atoms with Crippen LogP contribution < -0.4 is 13.7 Å². The van der Waals surface area contributed by atoms with Crippen molar-refractivity contribution in [2.75, 3.05) is 0 Å². The predicted octanol–water partition coefficient (Wildman–Crippen LogP) is 1.35. The average Bonchev–Trinajstić information content (AvgIpc) is 2.69. The van der Waals surface area contributed by atoms with Gasteiger partial charge in [0.15, 0.2) is 54.7 Å². The lowest BCUT2D eigenvalue weighted by molar-refractivity contribution is -0.671. The third-order valence-electron chi connectivity index (χ3n) is 4.35. The molecule has 0 fully saturated rings. The van der Waals surface area contributed by atoms with Crippen LogP contribution >= 0.6 is 0 Å². The Labute approximate surface area is 158 Å². The number of pyridine rings is 3. The topological polar surface area (TPSA) is 50.3 Å². The van der Waals surface area contributed by atoms with Crippen molar-refractivity contribution in [2.24, 2.45) is 21.1 Å². The summed E-state index contributed by atoms with van der Waals surface area (Å²) in [5.41, 5.74) is 2.88. The van der Waals surface area contributed by atoms with Gasteiger partial charge in [-0.25, -0.2) is 28.7 Å². The van der Waals surface area contributed by atoms with Gasteiger partial charge in [-0.1, -0.05) is 0 Å². The van der Waals surface area contributed by atoms with Gasteiger partial charge in [-0.05, 0) is 0 Å². The first kappa shape index (κ1) is 16.9. The number of aromatic nitrogens is 6. The minimum absolute atomic E-state index is 0.664. The molecule has 4 rings (SSSR count). The first-order valence-electron chi connectivity index (χ1n) is 8.71. The van der Waals surface area contributed by atoms with E-state index in [2.05, 4.69) is 0 Å². The Hall–Kier alpha value is -3.54. The number of aryl methyl sites for hydroxylation is 3. The van der Waals surface area contributed by atoms with Crippen molar-refractivity contribution < 1.29 is 13.7 Å². The van der Waals surface area contributed by atoms with Gasteiger partial charge in [-0.2, -0.15) is 0 Å². The summed E-state index contributed by atoms with van der Waals surface area (Å²) in [7, 11) is 5.96. The summed E-state index contributed by atoms with van der Waals surface area (Å²) in [5.74, 6) is 1.99. The molecule has 0 atom stereocenters. The molecule has 0 amide bonds. The zero-order chi connectivity index (χ0) is 18.8. The second-order valence-electron chi connectivity index (χ2n) is 6.56. The molecule has 6 heteroatoms. The van der Waals surface area contributed by atoms with Crippen LogP contribution in [-0.4, -0.2) is 15.0 Å². The molecule has 132 valence electrons. The van der Waals surface area contributed by atoms with Gasteiger partial charge in [0, 0.05) is 53.1 Å². The van der Waals surface area contributed by atoms with Gasteiger partial charge in [-0.15, -0.1) is 0 Å². The summed E-state index contributed by atoms with van der Waals surface area (Å²) < 4.78 is 5.96. The Kier molecular flexibility index (Phi) is 4.38. The van der Waals surface area contributed by atoms with Gasteiger partial charge in [-0.3, -0.25) is 0 Å². The van der Waals surface area contributed by atoms with Gasteiger partial charge in [0.25, 0.3) is 0 Å². The molecule has 0 unspecified atom stereocenters. The summed E-state index contributed by atoms with van der Waals surface area (Å²) in [4.78, 5) is 14.2. The summed E-state index contributed by atoms with van der Waals surface area (Å²) in [6.07, 6.45) is 11.9. The van der Waals surface area contributed by atoms with Crippen molar-refractivity contribution in [1.82, 2.24) is 15.0 Å². The van der Waals surface area contributed by atoms with E-state index in [1.807, 2.05) is 108 Å². The second-order valence-corrected chi connectivity index (χ2v) is 6.56. The standard InChI is InChI=1S/C21H21N6/c1-25-10-4-16(5-11-25)19-22-20(17-6-12-26(2)13-7-17)24-21(23-19)18-8-14-27(3)15-9-18/h4-15H,1-3H3/q+3. The normalized spacial score (nSPS) is 10.8. The van der Waals surface area contributed by atoms with Gasteiger partial charge in [0.05, 0.1) is 0 Å². The highest BCUT2D eigenvalue weighted by molar-refractivity contribution is 5.65. The van der Waals surface area contributed by atoms with Crippen LogP contribution in [0.4, 0.5) is 0 Å². The molecule has 0 radical (unpaired) electrons. The van der Waals surface area contributed by atoms with Crippen LogP contribution in [0.25, 0.3) is 34.2 Å². The molecule has 0 aliphatic carbocycles. The summed E-state index contributed by atoms with van der Waals surface area (Å²) in [6, 6.07) is 12.1. The van der Waals surface area contributed by atoms with Crippen LogP contribution in [0.2, 0.25) is 0 Å². The van der Waals surface area contributed by atoms with Crippen molar-refractivity contribution >= 4 is 0 Å². The van der Waals surface area contributed by atoms with Crippen LogP contribution in [0.3, 0.4) is 0 Å². The van der Waals surface area contributed by atoms with E-state index in [1.54, 1.807) is 0 Å². The molecular weight excluding hydrogens is 336 g/mol. The van der Waals surface area contributed by atoms with E-state index in [0.717, 1.165) is 16.7 Å². The minimum Gasteiger partial charge on any atom is -0.208 e. The fourth-order valence-electron chi connectivity index (χ4n) is 2.71. The van der Waals surface area contributed by atoms with E-state index in [0.29, 0.717) is 17.5 Å². The Balaban J connectivity index is 1.89. The molecule has 0 aromatic carbocycles. The fraction of sp³-hybridized carbons (Fsp3) is 0.143. The fourth-order valence-corrected chi connectivity index (χ4v) is 2.71. The Morgan fingerprint density at radius 2 is 0.667 bits per heavy atom. The first-order chi connectivity index (χ1) is 13.1. The largest absolute Gasteiger partial charge is 0.208 e. The second kappa shape index (κ2) is 6.99. The highest BCUT2D eigenvalue weighted by Crippen LogP contribution is 2.23. The lowest BCUT2D eigenvalue weighted by Crippen LogP contribution is -2.26. The molecule has 0 bridgehead atoms. The van der Waals surface area contributed by atoms with E-state index in [-0.39, 0.29) is 0 Å². The van der Waals surface area contributed by atoms with Crippen LogP contribution in [0.15, 0.2) is 73.6 Å². The third-order valence-corrected chi connectivity index (χ3v) is 4.35. The molecule has 0 saturated heterocycles. The van der Waals surface area contributed by atoms with Gasteiger partial charge in [0.1, 0.15) is 21.1 Å². The van der Waals surface area contributed by atoms with Crippen molar-refractivity contribution in [3.05, 3.63) is 73.6 Å². The summed E-state index contributed by atoms with van der Waals surface area (Å²) in [5, 5.41) is 0. The third kappa shape index (κ3) is 3.69. The Morgan fingerprint density at radius 3 is 0.889 bits per heavy atom. The molecule has 4 aromatic heterocycles. The monoisotopic (exact) mass is 357 g/mol. The van der Waals surface area contributed by atoms with E-state index in [4.69, 9.17) is 15.0 Å². The maximum absolute atomic E-state index is 4.73. The number of rotatable bonds is 3. The predicted molar refractivity (Wildman–Crippen MR) is 99.7 cm³/mol. The molecule has 4 aromatic rings. The molecule has 4 heterocycles. The lowest BCUT2D eigenvalue weighted by atomic mass is 10.2. The highest BCUT2D eigenvalue weighted by Gasteiger charge is 2.14. The summed E-state index contributed by atoms with van der Waals surface area (Å²) >= 11 is 0. The highest BCUT2D eigenvalue weighted by atomic mass is 15.0. The zero-order valence-corrected chi connectivity index (χ0v) is 15.6. The number of hydrogen-bond acceptors (Lipinski definition) is 3. The quantitative estimate of drug-likeness (QED) is 0.520. The van der Waals surface area contributed by atoms with Crippen LogP contribution in [0, 0.1) is 0 Å².